The van der Waals surface area contributed by atoms with Crippen LogP contribution in [0.3, 0.4) is 0 Å². The van der Waals surface area contributed by atoms with Crippen molar-refractivity contribution in [3.05, 3.63) is 0 Å². The van der Waals surface area contributed by atoms with E-state index in [2.05, 4.69) is 25.5 Å². The van der Waals surface area contributed by atoms with E-state index in [4.69, 9.17) is 0 Å². The van der Waals surface area contributed by atoms with E-state index in [9.17, 15) is 4.79 Å². The first-order valence-electron chi connectivity index (χ1n) is 3.59. The lowest BCUT2D eigenvalue weighted by atomic mass is 10.1. The molecule has 0 amide bonds. The molecule has 10 heavy (non-hydrogen) atoms. The van der Waals surface area contributed by atoms with Crippen LogP contribution < -0.4 is 0 Å². The number of hydrogen-bond donors (Lipinski definition) is 0. The Bertz CT molecular complexity index is 161. The summed E-state index contributed by atoms with van der Waals surface area (Å²) in [6.07, 6.45) is 0. The van der Waals surface area contributed by atoms with Gasteiger partial charge in [0.05, 0.1) is 13.0 Å². The van der Waals surface area contributed by atoms with Gasteiger partial charge < -0.3 is 4.74 Å². The van der Waals surface area contributed by atoms with Gasteiger partial charge in [-0.1, -0.05) is 20.8 Å². The van der Waals surface area contributed by atoms with Crippen molar-refractivity contribution in [3.63, 3.8) is 0 Å². The Labute approximate surface area is 61.6 Å². The smallest absolute Gasteiger partial charge is 0.309 e. The number of rotatable bonds is 1. The van der Waals surface area contributed by atoms with Crippen LogP contribution in [-0.4, -0.2) is 13.1 Å². The molecule has 0 heterocycles. The zero-order valence-corrected chi connectivity index (χ0v) is 6.97. The Morgan fingerprint density at radius 3 is 2.00 bits per heavy atom. The third-order valence-electron chi connectivity index (χ3n) is 2.82. The molecule has 1 aliphatic rings. The maximum Gasteiger partial charge on any atom is 0.309 e. The largest absolute Gasteiger partial charge is 0.469 e. The number of carbonyl (C=O) groups is 1. The number of hydrogen-bond acceptors (Lipinski definition) is 2. The molecule has 0 N–H and O–H groups in total. The fraction of sp³-hybridized carbons (Fsp3) is 0.875. The summed E-state index contributed by atoms with van der Waals surface area (Å²) in [5, 5.41) is 0. The highest BCUT2D eigenvalue weighted by molar-refractivity contribution is 5.77. The maximum absolute atomic E-state index is 11.0. The van der Waals surface area contributed by atoms with Crippen molar-refractivity contribution in [1.82, 2.24) is 0 Å². The van der Waals surface area contributed by atoms with Crippen molar-refractivity contribution in [2.24, 2.45) is 17.3 Å². The molecule has 1 fully saturated rings. The van der Waals surface area contributed by atoms with Crippen LogP contribution in [0.15, 0.2) is 0 Å². The van der Waals surface area contributed by atoms with Gasteiger partial charge in [0.1, 0.15) is 0 Å². The van der Waals surface area contributed by atoms with E-state index in [1.54, 1.807) is 0 Å². The quantitative estimate of drug-likeness (QED) is 0.518. The van der Waals surface area contributed by atoms with Gasteiger partial charge in [0, 0.05) is 0 Å². The van der Waals surface area contributed by atoms with Crippen LogP contribution in [0, 0.1) is 17.3 Å². The molecule has 0 radical (unpaired) electrons. The summed E-state index contributed by atoms with van der Waals surface area (Å²) in [6, 6.07) is 0. The normalized spacial score (nSPS) is 35.2. The summed E-state index contributed by atoms with van der Waals surface area (Å²) >= 11 is 0. The fourth-order valence-electron chi connectivity index (χ4n) is 1.53. The molecule has 2 heteroatoms. The third-order valence-corrected chi connectivity index (χ3v) is 2.82. The molecule has 0 bridgehead atoms. The van der Waals surface area contributed by atoms with Gasteiger partial charge >= 0.3 is 5.97 Å². The molecule has 1 saturated carbocycles. The van der Waals surface area contributed by atoms with Gasteiger partial charge in [-0.15, -0.1) is 0 Å². The average molecular weight is 142 g/mol. The summed E-state index contributed by atoms with van der Waals surface area (Å²) in [5.74, 6) is 0.565. The lowest BCUT2D eigenvalue weighted by Crippen LogP contribution is -2.07. The summed E-state index contributed by atoms with van der Waals surface area (Å²) in [7, 11) is 1.45. The topological polar surface area (TPSA) is 26.3 Å². The van der Waals surface area contributed by atoms with E-state index in [0.29, 0.717) is 5.92 Å². The second-order valence-electron chi connectivity index (χ2n) is 3.61. The average Bonchev–Trinajstić information content (AvgIpc) is 2.33. The molecule has 0 aromatic carbocycles. The molecule has 1 aliphatic carbocycles. The Balaban J connectivity index is 2.57. The lowest BCUT2D eigenvalue weighted by molar-refractivity contribution is -0.143. The van der Waals surface area contributed by atoms with Gasteiger partial charge in [0.2, 0.25) is 0 Å². The Morgan fingerprint density at radius 1 is 1.50 bits per heavy atom. The fourth-order valence-corrected chi connectivity index (χ4v) is 1.53. The molecule has 1 rings (SSSR count). The van der Waals surface area contributed by atoms with Gasteiger partial charge in [-0.3, -0.25) is 4.79 Å². The second-order valence-corrected chi connectivity index (χ2v) is 3.61. The summed E-state index contributed by atoms with van der Waals surface area (Å²) in [5.41, 5.74) is 0.174. The Hall–Kier alpha value is -0.530. The molecule has 0 aliphatic heterocycles. The Kier molecular flexibility index (Phi) is 1.50. The van der Waals surface area contributed by atoms with Crippen molar-refractivity contribution in [2.75, 3.05) is 7.11 Å². The molecular formula is C8H14O2. The van der Waals surface area contributed by atoms with Gasteiger partial charge in [0.15, 0.2) is 0 Å². The van der Waals surface area contributed by atoms with E-state index < -0.39 is 0 Å². The number of ether oxygens (including phenoxy) is 1. The minimum Gasteiger partial charge on any atom is -0.469 e. The van der Waals surface area contributed by atoms with Crippen LogP contribution in [-0.2, 0) is 9.53 Å². The van der Waals surface area contributed by atoms with E-state index in [-0.39, 0.29) is 17.3 Å². The van der Waals surface area contributed by atoms with Crippen LogP contribution >= 0.6 is 0 Å². The standard InChI is InChI=1S/C8H14O2/c1-5-6(7(9)10-4)8(5,2)3/h5-6H,1-4H3/t5-,6+/m0/s1. The lowest BCUT2D eigenvalue weighted by Gasteiger charge is -1.99. The van der Waals surface area contributed by atoms with Gasteiger partial charge in [-0.25, -0.2) is 0 Å². The van der Waals surface area contributed by atoms with Crippen LogP contribution in [0.1, 0.15) is 20.8 Å². The van der Waals surface area contributed by atoms with Crippen LogP contribution in [0.25, 0.3) is 0 Å². The minimum absolute atomic E-state index is 0.0579. The molecule has 0 unspecified atom stereocenters. The summed E-state index contributed by atoms with van der Waals surface area (Å²) in [6.45, 7) is 6.28. The molecule has 0 spiro atoms. The van der Waals surface area contributed by atoms with Crippen molar-refractivity contribution in [2.45, 2.75) is 20.8 Å². The highest BCUT2D eigenvalue weighted by Crippen LogP contribution is 2.58. The number of methoxy groups -OCH3 is 1. The SMILES string of the molecule is COC(=O)[C@H]1[C@H](C)C1(C)C. The predicted octanol–water partition coefficient (Wildman–Crippen LogP) is 1.45. The van der Waals surface area contributed by atoms with E-state index in [0.717, 1.165) is 0 Å². The first-order valence-corrected chi connectivity index (χ1v) is 3.59. The van der Waals surface area contributed by atoms with Crippen molar-refractivity contribution >= 4 is 5.97 Å². The molecule has 2 nitrogen and oxygen atoms in total. The van der Waals surface area contributed by atoms with E-state index in [1.165, 1.54) is 7.11 Å². The molecule has 0 saturated heterocycles. The molecule has 0 aromatic heterocycles. The number of carbonyl (C=O) groups excluding carboxylic acids is 1. The molecular weight excluding hydrogens is 128 g/mol. The molecule has 0 aromatic rings. The van der Waals surface area contributed by atoms with Gasteiger partial charge in [0.25, 0.3) is 0 Å². The van der Waals surface area contributed by atoms with Crippen LogP contribution in [0.2, 0.25) is 0 Å². The van der Waals surface area contributed by atoms with E-state index >= 15 is 0 Å². The first kappa shape index (κ1) is 7.58. The molecule has 58 valence electrons. The molecule has 2 atom stereocenters. The van der Waals surface area contributed by atoms with Gasteiger partial charge in [-0.05, 0) is 11.3 Å². The minimum atomic E-state index is -0.0579. The second kappa shape index (κ2) is 1.97. The third kappa shape index (κ3) is 0.825. The van der Waals surface area contributed by atoms with Gasteiger partial charge in [-0.2, -0.15) is 0 Å². The zero-order valence-electron chi connectivity index (χ0n) is 6.97. The predicted molar refractivity (Wildman–Crippen MR) is 38.5 cm³/mol. The van der Waals surface area contributed by atoms with E-state index in [1.807, 2.05) is 0 Å². The van der Waals surface area contributed by atoms with Crippen molar-refractivity contribution < 1.29 is 9.53 Å². The maximum atomic E-state index is 11.0. The van der Waals surface area contributed by atoms with Crippen LogP contribution in [0.5, 0.6) is 0 Å². The van der Waals surface area contributed by atoms with Crippen molar-refractivity contribution in [1.29, 1.82) is 0 Å². The monoisotopic (exact) mass is 142 g/mol. The van der Waals surface area contributed by atoms with Crippen molar-refractivity contribution in [3.8, 4) is 0 Å². The highest BCUT2D eigenvalue weighted by Gasteiger charge is 2.59. The Morgan fingerprint density at radius 2 is 1.90 bits per heavy atom. The summed E-state index contributed by atoms with van der Waals surface area (Å²) in [4.78, 5) is 11.0. The summed E-state index contributed by atoms with van der Waals surface area (Å²) < 4.78 is 4.64. The van der Waals surface area contributed by atoms with Crippen LogP contribution in [0.4, 0.5) is 0 Å². The first-order chi connectivity index (χ1) is 4.51. The highest BCUT2D eigenvalue weighted by atomic mass is 16.5. The number of esters is 1. The zero-order chi connectivity index (χ0) is 7.94.